The number of benzene rings is 4. The van der Waals surface area contributed by atoms with Gasteiger partial charge in [0.15, 0.2) is 0 Å². The van der Waals surface area contributed by atoms with Gasteiger partial charge in [-0.25, -0.2) is 8.78 Å². The first kappa shape index (κ1) is 23.2. The monoisotopic (exact) mass is 456 g/mol. The van der Waals surface area contributed by atoms with Crippen LogP contribution in [0.3, 0.4) is 0 Å². The molecule has 0 aliphatic heterocycles. The van der Waals surface area contributed by atoms with E-state index in [9.17, 15) is 13.2 Å². The summed E-state index contributed by atoms with van der Waals surface area (Å²) in [6.07, 6.45) is 1.61. The van der Waals surface area contributed by atoms with Crippen LogP contribution in [0.4, 0.5) is 22.0 Å². The second-order valence-corrected chi connectivity index (χ2v) is 8.49. The maximum absolute atomic E-state index is 15.2. The molecule has 0 N–H and O–H groups in total. The lowest BCUT2D eigenvalue weighted by Gasteiger charge is -2.12. The molecule has 0 nitrogen and oxygen atoms in total. The van der Waals surface area contributed by atoms with Crippen molar-refractivity contribution in [3.8, 4) is 11.1 Å². The average molecular weight is 456 g/mol. The second kappa shape index (κ2) is 9.50. The SMILES string of the molecule is CCCCCCCc1ccc2c(cc(F)c3cc(-c4ccc(C(F)(F)F)cc4)ccc32)c1F. The summed E-state index contributed by atoms with van der Waals surface area (Å²) in [5, 5.41) is 1.77. The van der Waals surface area contributed by atoms with E-state index in [0.717, 1.165) is 37.8 Å². The van der Waals surface area contributed by atoms with E-state index in [2.05, 4.69) is 6.92 Å². The molecular formula is C28H25F5. The van der Waals surface area contributed by atoms with Gasteiger partial charge in [-0.1, -0.05) is 69.0 Å². The van der Waals surface area contributed by atoms with E-state index in [1.54, 1.807) is 24.3 Å². The van der Waals surface area contributed by atoms with E-state index in [-0.39, 0.29) is 11.2 Å². The molecule has 0 fully saturated rings. The highest BCUT2D eigenvalue weighted by molar-refractivity contribution is 6.09. The van der Waals surface area contributed by atoms with Crippen molar-refractivity contribution in [1.29, 1.82) is 0 Å². The summed E-state index contributed by atoms with van der Waals surface area (Å²) >= 11 is 0. The van der Waals surface area contributed by atoms with Crippen LogP contribution < -0.4 is 0 Å². The van der Waals surface area contributed by atoms with Crippen LogP contribution >= 0.6 is 0 Å². The molecular weight excluding hydrogens is 431 g/mol. The molecule has 0 amide bonds. The summed E-state index contributed by atoms with van der Waals surface area (Å²) in [4.78, 5) is 0. The van der Waals surface area contributed by atoms with E-state index in [4.69, 9.17) is 0 Å². The van der Waals surface area contributed by atoms with Gasteiger partial charge in [-0.05, 0) is 64.6 Å². The van der Waals surface area contributed by atoms with Crippen molar-refractivity contribution >= 4 is 21.5 Å². The smallest absolute Gasteiger partial charge is 0.206 e. The summed E-state index contributed by atoms with van der Waals surface area (Å²) in [6.45, 7) is 2.15. The Morgan fingerprint density at radius 1 is 0.636 bits per heavy atom. The first-order chi connectivity index (χ1) is 15.8. The largest absolute Gasteiger partial charge is 0.416 e. The first-order valence-corrected chi connectivity index (χ1v) is 11.3. The summed E-state index contributed by atoms with van der Waals surface area (Å²) in [5.41, 5.74) is 1.01. The Morgan fingerprint density at radius 3 is 1.97 bits per heavy atom. The summed E-state index contributed by atoms with van der Waals surface area (Å²) < 4.78 is 68.7. The summed E-state index contributed by atoms with van der Waals surface area (Å²) in [5.74, 6) is -0.930. The molecule has 0 radical (unpaired) electrons. The molecule has 4 rings (SSSR count). The van der Waals surface area contributed by atoms with Gasteiger partial charge in [0.25, 0.3) is 0 Å². The fraction of sp³-hybridized carbons (Fsp3) is 0.286. The number of halogens is 5. The average Bonchev–Trinajstić information content (AvgIpc) is 2.80. The van der Waals surface area contributed by atoms with Crippen LogP contribution in [0.1, 0.15) is 50.2 Å². The number of unbranched alkanes of at least 4 members (excludes halogenated alkanes) is 4. The predicted molar refractivity (Wildman–Crippen MR) is 124 cm³/mol. The van der Waals surface area contributed by atoms with Crippen LogP contribution in [0, 0.1) is 11.6 Å². The zero-order valence-electron chi connectivity index (χ0n) is 18.4. The Balaban J connectivity index is 1.68. The summed E-state index contributed by atoms with van der Waals surface area (Å²) in [6, 6.07) is 14.6. The zero-order valence-corrected chi connectivity index (χ0v) is 18.4. The van der Waals surface area contributed by atoms with Crippen molar-refractivity contribution in [3.63, 3.8) is 0 Å². The van der Waals surface area contributed by atoms with Crippen LogP contribution in [-0.4, -0.2) is 0 Å². The molecule has 4 aromatic carbocycles. The molecule has 5 heteroatoms. The number of hydrogen-bond acceptors (Lipinski definition) is 0. The van der Waals surface area contributed by atoms with E-state index in [1.165, 1.54) is 24.6 Å². The molecule has 0 unspecified atom stereocenters. The molecule has 0 saturated carbocycles. The maximum atomic E-state index is 15.2. The van der Waals surface area contributed by atoms with Crippen molar-refractivity contribution < 1.29 is 22.0 Å². The standard InChI is InChI=1S/C28H25F5/c1-2-3-4-5-6-7-19-10-14-23-22-15-11-20(16-24(22)26(29)17-25(23)27(19)30)18-8-12-21(13-9-18)28(31,32)33/h8-17H,2-7H2,1H3. The van der Waals surface area contributed by atoms with E-state index in [0.29, 0.717) is 39.3 Å². The van der Waals surface area contributed by atoms with Gasteiger partial charge in [-0.15, -0.1) is 0 Å². The Morgan fingerprint density at radius 2 is 1.27 bits per heavy atom. The van der Waals surface area contributed by atoms with Gasteiger partial charge >= 0.3 is 6.18 Å². The van der Waals surface area contributed by atoms with Crippen LogP contribution in [0.25, 0.3) is 32.7 Å². The van der Waals surface area contributed by atoms with Gasteiger partial charge in [0.05, 0.1) is 5.56 Å². The molecule has 0 aliphatic rings. The molecule has 0 heterocycles. The van der Waals surface area contributed by atoms with Crippen molar-refractivity contribution in [3.05, 3.63) is 83.4 Å². The Labute approximate surface area is 190 Å². The lowest BCUT2D eigenvalue weighted by molar-refractivity contribution is -0.137. The van der Waals surface area contributed by atoms with Gasteiger partial charge in [0, 0.05) is 10.8 Å². The first-order valence-electron chi connectivity index (χ1n) is 11.3. The molecule has 0 aromatic heterocycles. The highest BCUT2D eigenvalue weighted by Gasteiger charge is 2.30. The molecule has 172 valence electrons. The third kappa shape index (κ3) is 4.87. The fourth-order valence-corrected chi connectivity index (χ4v) is 4.34. The van der Waals surface area contributed by atoms with Crippen molar-refractivity contribution in [1.82, 2.24) is 0 Å². The summed E-state index contributed by atoms with van der Waals surface area (Å²) in [7, 11) is 0. The van der Waals surface area contributed by atoms with E-state index in [1.807, 2.05) is 6.07 Å². The minimum Gasteiger partial charge on any atom is -0.206 e. The number of aryl methyl sites for hydroxylation is 1. The van der Waals surface area contributed by atoms with Gasteiger partial charge < -0.3 is 0 Å². The highest BCUT2D eigenvalue weighted by atomic mass is 19.4. The van der Waals surface area contributed by atoms with Crippen molar-refractivity contribution in [2.45, 2.75) is 51.6 Å². The Kier molecular flexibility index (Phi) is 6.68. The molecule has 0 spiro atoms. The maximum Gasteiger partial charge on any atom is 0.416 e. The Bertz CT molecular complexity index is 1270. The number of alkyl halides is 3. The molecule has 0 saturated heterocycles. The van der Waals surface area contributed by atoms with Crippen LogP contribution in [0.2, 0.25) is 0 Å². The normalized spacial score (nSPS) is 12.1. The lowest BCUT2D eigenvalue weighted by atomic mass is 9.94. The molecule has 0 bridgehead atoms. The number of hydrogen-bond donors (Lipinski definition) is 0. The minimum absolute atomic E-state index is 0.258. The molecule has 0 atom stereocenters. The third-order valence-corrected chi connectivity index (χ3v) is 6.19. The van der Waals surface area contributed by atoms with Crippen LogP contribution in [0.5, 0.6) is 0 Å². The second-order valence-electron chi connectivity index (χ2n) is 8.49. The number of rotatable bonds is 7. The minimum atomic E-state index is -4.41. The van der Waals surface area contributed by atoms with Crippen molar-refractivity contribution in [2.24, 2.45) is 0 Å². The van der Waals surface area contributed by atoms with Gasteiger partial charge in [-0.3, -0.25) is 0 Å². The molecule has 33 heavy (non-hydrogen) atoms. The van der Waals surface area contributed by atoms with E-state index >= 15 is 8.78 Å². The fourth-order valence-electron chi connectivity index (χ4n) is 4.34. The third-order valence-electron chi connectivity index (χ3n) is 6.19. The highest BCUT2D eigenvalue weighted by Crippen LogP contribution is 2.35. The quantitative estimate of drug-likeness (QED) is 0.148. The van der Waals surface area contributed by atoms with Gasteiger partial charge in [0.2, 0.25) is 0 Å². The zero-order chi connectivity index (χ0) is 23.6. The molecule has 0 aliphatic carbocycles. The van der Waals surface area contributed by atoms with E-state index < -0.39 is 17.6 Å². The number of fused-ring (bicyclic) bond motifs is 3. The predicted octanol–water partition coefficient (Wildman–Crippen LogP) is 9.47. The van der Waals surface area contributed by atoms with Crippen molar-refractivity contribution in [2.75, 3.05) is 0 Å². The van der Waals surface area contributed by atoms with Gasteiger partial charge in [-0.2, -0.15) is 13.2 Å². The Hall–Kier alpha value is -2.95. The van der Waals surface area contributed by atoms with Crippen LogP contribution in [0.15, 0.2) is 60.7 Å². The lowest BCUT2D eigenvalue weighted by Crippen LogP contribution is -2.03. The topological polar surface area (TPSA) is 0 Å². The van der Waals surface area contributed by atoms with Crippen LogP contribution in [-0.2, 0) is 12.6 Å². The van der Waals surface area contributed by atoms with Gasteiger partial charge in [0.1, 0.15) is 11.6 Å². The molecule has 4 aromatic rings.